The van der Waals surface area contributed by atoms with Crippen LogP contribution in [0.5, 0.6) is 11.5 Å². The normalized spacial score (nSPS) is 10.9. The predicted octanol–water partition coefficient (Wildman–Crippen LogP) is 4.82. The van der Waals surface area contributed by atoms with Crippen LogP contribution < -0.4 is 20.3 Å². The maximum Gasteiger partial charge on any atom is 0.253 e. The van der Waals surface area contributed by atoms with E-state index in [1.807, 2.05) is 67.6 Å². The maximum atomic E-state index is 13.5. The van der Waals surface area contributed by atoms with E-state index < -0.39 is 0 Å². The molecule has 3 aromatic carbocycles. The van der Waals surface area contributed by atoms with Gasteiger partial charge in [-0.25, -0.2) is 4.68 Å². The van der Waals surface area contributed by atoms with Crippen LogP contribution >= 0.6 is 0 Å². The third-order valence-electron chi connectivity index (χ3n) is 6.15. The number of hydrogen-bond donors (Lipinski definition) is 1. The van der Waals surface area contributed by atoms with Gasteiger partial charge in [-0.2, -0.15) is 5.10 Å². The molecule has 0 saturated carbocycles. The summed E-state index contributed by atoms with van der Waals surface area (Å²) in [6, 6.07) is 26.0. The molecule has 0 saturated heterocycles. The van der Waals surface area contributed by atoms with E-state index in [1.165, 1.54) is 11.7 Å². The van der Waals surface area contributed by atoms with Crippen LogP contribution in [0.4, 0.5) is 5.69 Å². The van der Waals surface area contributed by atoms with E-state index in [2.05, 4.69) is 5.32 Å². The summed E-state index contributed by atoms with van der Waals surface area (Å²) in [5.41, 5.74) is 4.01. The lowest BCUT2D eigenvalue weighted by Gasteiger charge is -2.14. The first-order chi connectivity index (χ1) is 18.0. The van der Waals surface area contributed by atoms with Crippen molar-refractivity contribution >= 4 is 22.6 Å². The fourth-order valence-corrected chi connectivity index (χ4v) is 4.46. The van der Waals surface area contributed by atoms with Gasteiger partial charge < -0.3 is 14.8 Å². The fourth-order valence-electron chi connectivity index (χ4n) is 4.46. The van der Waals surface area contributed by atoms with Crippen LogP contribution in [0.3, 0.4) is 0 Å². The van der Waals surface area contributed by atoms with E-state index in [0.29, 0.717) is 22.8 Å². The molecule has 2 aromatic heterocycles. The monoisotopic (exact) mass is 494 g/mol. The van der Waals surface area contributed by atoms with Gasteiger partial charge in [0.05, 0.1) is 25.6 Å². The second kappa shape index (κ2) is 10.0. The third kappa shape index (κ3) is 4.56. The number of para-hydroxylation sites is 1. The van der Waals surface area contributed by atoms with Crippen molar-refractivity contribution in [1.29, 1.82) is 0 Å². The SMILES string of the molecule is COc1ccc(NC(=O)Cn2c(=O)cc(-c3ccccc3)c3c(C)nn(-c4ccccc4)c32)cc1OC. The van der Waals surface area contributed by atoms with Crippen LogP contribution in [-0.2, 0) is 11.3 Å². The highest BCUT2D eigenvalue weighted by atomic mass is 16.5. The molecule has 0 fully saturated rings. The Bertz CT molecular complexity index is 1640. The maximum absolute atomic E-state index is 13.5. The van der Waals surface area contributed by atoms with E-state index in [0.717, 1.165) is 27.9 Å². The number of carbonyl (C=O) groups is 1. The molecule has 0 bridgehead atoms. The molecule has 0 aliphatic rings. The van der Waals surface area contributed by atoms with E-state index in [9.17, 15) is 9.59 Å². The summed E-state index contributed by atoms with van der Waals surface area (Å²) in [7, 11) is 3.08. The number of fused-ring (bicyclic) bond motifs is 1. The molecule has 8 heteroatoms. The zero-order valence-corrected chi connectivity index (χ0v) is 20.8. The first-order valence-electron chi connectivity index (χ1n) is 11.8. The molecule has 5 aromatic rings. The number of nitrogens with one attached hydrogen (secondary N) is 1. The van der Waals surface area contributed by atoms with Crippen molar-refractivity contribution in [3.05, 3.63) is 101 Å². The number of carbonyl (C=O) groups excluding carboxylic acids is 1. The lowest BCUT2D eigenvalue weighted by molar-refractivity contribution is -0.116. The van der Waals surface area contributed by atoms with Gasteiger partial charge in [0, 0.05) is 23.2 Å². The highest BCUT2D eigenvalue weighted by molar-refractivity contribution is 5.97. The number of anilines is 1. The smallest absolute Gasteiger partial charge is 0.253 e. The number of benzene rings is 3. The Balaban J connectivity index is 1.63. The average Bonchev–Trinajstić information content (AvgIpc) is 3.28. The number of pyridine rings is 1. The number of methoxy groups -OCH3 is 2. The van der Waals surface area contributed by atoms with Crippen LogP contribution in [0.25, 0.3) is 27.8 Å². The number of nitrogens with zero attached hydrogens (tertiary/aromatic N) is 3. The minimum Gasteiger partial charge on any atom is -0.493 e. The molecule has 5 rings (SSSR count). The molecule has 1 N–H and O–H groups in total. The summed E-state index contributed by atoms with van der Waals surface area (Å²) in [4.78, 5) is 26.7. The Morgan fingerprint density at radius 3 is 2.24 bits per heavy atom. The number of hydrogen-bond acceptors (Lipinski definition) is 5. The molecule has 1 amide bonds. The number of aromatic nitrogens is 3. The van der Waals surface area contributed by atoms with Gasteiger partial charge in [-0.1, -0.05) is 48.5 Å². The second-order valence-electron chi connectivity index (χ2n) is 8.50. The number of aryl methyl sites for hydroxylation is 1. The zero-order valence-electron chi connectivity index (χ0n) is 20.8. The Morgan fingerprint density at radius 1 is 0.892 bits per heavy atom. The lowest BCUT2D eigenvalue weighted by Crippen LogP contribution is -2.28. The minimum absolute atomic E-state index is 0.198. The van der Waals surface area contributed by atoms with Crippen LogP contribution in [0.15, 0.2) is 89.7 Å². The summed E-state index contributed by atoms with van der Waals surface area (Å²) in [6.07, 6.45) is 0. The molecule has 8 nitrogen and oxygen atoms in total. The number of ether oxygens (including phenoxy) is 2. The van der Waals surface area contributed by atoms with E-state index in [4.69, 9.17) is 14.6 Å². The van der Waals surface area contributed by atoms with Crippen LogP contribution in [0.1, 0.15) is 5.69 Å². The van der Waals surface area contributed by atoms with Gasteiger partial charge in [0.25, 0.3) is 5.56 Å². The van der Waals surface area contributed by atoms with Crippen molar-refractivity contribution in [3.63, 3.8) is 0 Å². The van der Waals surface area contributed by atoms with Gasteiger partial charge in [-0.15, -0.1) is 0 Å². The van der Waals surface area contributed by atoms with Crippen molar-refractivity contribution in [2.75, 3.05) is 19.5 Å². The molecule has 0 aliphatic heterocycles. The molecular weight excluding hydrogens is 468 g/mol. The topological polar surface area (TPSA) is 87.4 Å². The Morgan fingerprint density at radius 2 is 1.57 bits per heavy atom. The summed E-state index contributed by atoms with van der Waals surface area (Å²) in [6.45, 7) is 1.71. The van der Waals surface area contributed by atoms with Gasteiger partial charge >= 0.3 is 0 Å². The van der Waals surface area contributed by atoms with Crippen molar-refractivity contribution in [2.45, 2.75) is 13.5 Å². The number of rotatable bonds is 7. The first-order valence-corrected chi connectivity index (χ1v) is 11.8. The summed E-state index contributed by atoms with van der Waals surface area (Å²) in [5.74, 6) is 0.684. The zero-order chi connectivity index (χ0) is 25.9. The molecule has 2 heterocycles. The second-order valence-corrected chi connectivity index (χ2v) is 8.50. The van der Waals surface area contributed by atoms with E-state index in [-0.39, 0.29) is 18.0 Å². The van der Waals surface area contributed by atoms with Crippen LogP contribution in [0.2, 0.25) is 0 Å². The Labute approximate surface area is 213 Å². The van der Waals surface area contributed by atoms with Gasteiger partial charge in [-0.3, -0.25) is 14.2 Å². The average molecular weight is 495 g/mol. The van der Waals surface area contributed by atoms with Crippen molar-refractivity contribution < 1.29 is 14.3 Å². The largest absolute Gasteiger partial charge is 0.493 e. The van der Waals surface area contributed by atoms with Crippen LogP contribution in [0, 0.1) is 6.92 Å². The number of amides is 1. The van der Waals surface area contributed by atoms with Gasteiger partial charge in [0.2, 0.25) is 5.91 Å². The highest BCUT2D eigenvalue weighted by Gasteiger charge is 2.21. The van der Waals surface area contributed by atoms with Crippen molar-refractivity contribution in [3.8, 4) is 28.3 Å². The summed E-state index contributed by atoms with van der Waals surface area (Å²) in [5, 5.41) is 8.45. The minimum atomic E-state index is -0.360. The van der Waals surface area contributed by atoms with Crippen molar-refractivity contribution in [2.24, 2.45) is 0 Å². The Hall–Kier alpha value is -4.85. The molecule has 0 aliphatic carbocycles. The standard InChI is InChI=1S/C29H26N4O4/c1-19-28-23(20-10-6-4-7-11-20)17-27(35)32(29(28)33(31-19)22-12-8-5-9-13-22)18-26(34)30-21-14-15-24(36-2)25(16-21)37-3/h4-17H,18H2,1-3H3,(H,30,34). The molecule has 0 atom stereocenters. The molecule has 0 unspecified atom stereocenters. The third-order valence-corrected chi connectivity index (χ3v) is 6.15. The van der Waals surface area contributed by atoms with Gasteiger partial charge in [-0.05, 0) is 42.3 Å². The van der Waals surface area contributed by atoms with Crippen molar-refractivity contribution in [1.82, 2.24) is 14.3 Å². The van der Waals surface area contributed by atoms with E-state index in [1.54, 1.807) is 36.1 Å². The molecule has 0 spiro atoms. The molecular formula is C29H26N4O4. The predicted molar refractivity (Wildman–Crippen MR) is 144 cm³/mol. The van der Waals surface area contributed by atoms with Gasteiger partial charge in [0.15, 0.2) is 11.5 Å². The van der Waals surface area contributed by atoms with E-state index >= 15 is 0 Å². The Kier molecular flexibility index (Phi) is 6.47. The first kappa shape index (κ1) is 23.9. The summed E-state index contributed by atoms with van der Waals surface area (Å²) >= 11 is 0. The van der Waals surface area contributed by atoms with Crippen LogP contribution in [-0.4, -0.2) is 34.5 Å². The quantitative estimate of drug-likeness (QED) is 0.351. The summed E-state index contributed by atoms with van der Waals surface area (Å²) < 4.78 is 13.8. The molecule has 186 valence electrons. The molecule has 37 heavy (non-hydrogen) atoms. The highest BCUT2D eigenvalue weighted by Crippen LogP contribution is 2.32. The fraction of sp³-hybridized carbons (Fsp3) is 0.138. The van der Waals surface area contributed by atoms with Gasteiger partial charge in [0.1, 0.15) is 12.2 Å². The molecule has 0 radical (unpaired) electrons. The lowest BCUT2D eigenvalue weighted by atomic mass is 10.0.